The fourth-order valence-corrected chi connectivity index (χ4v) is 10.8. The average molecular weight is 615 g/mol. The molecule has 44 heavy (non-hydrogen) atoms. The van der Waals surface area contributed by atoms with Gasteiger partial charge in [-0.2, -0.15) is 0 Å². The molecular weight excluding hydrogens is 568 g/mol. The Morgan fingerprint density at radius 3 is 1.93 bits per heavy atom. The first-order valence-corrected chi connectivity index (χ1v) is 15.9. The minimum absolute atomic E-state index is 0.145. The number of aldehydes is 1. The van der Waals surface area contributed by atoms with Gasteiger partial charge in [0.15, 0.2) is 23.8 Å². The summed E-state index contributed by atoms with van der Waals surface area (Å²) in [6, 6.07) is 0. The zero-order valence-corrected chi connectivity index (χ0v) is 27.1. The molecule has 4 fully saturated rings. The molecule has 2 heterocycles. The van der Waals surface area contributed by atoms with Crippen molar-refractivity contribution in [2.24, 2.45) is 33.5 Å². The first kappa shape index (κ1) is 31.4. The van der Waals surface area contributed by atoms with Gasteiger partial charge in [0.25, 0.3) is 0 Å². The second-order valence-electron chi connectivity index (χ2n) is 15.8. The van der Waals surface area contributed by atoms with Crippen LogP contribution < -0.4 is 0 Å². The van der Waals surface area contributed by atoms with Crippen LogP contribution in [-0.2, 0) is 42.9 Å². The minimum atomic E-state index is -2.01. The first-order valence-electron chi connectivity index (χ1n) is 15.9. The van der Waals surface area contributed by atoms with Crippen LogP contribution in [0.2, 0.25) is 0 Å². The summed E-state index contributed by atoms with van der Waals surface area (Å²) in [6.07, 6.45) is 4.45. The maximum Gasteiger partial charge on any atom is 0.339 e. The molecule has 0 unspecified atom stereocenters. The molecule has 10 heteroatoms. The summed E-state index contributed by atoms with van der Waals surface area (Å²) in [5.41, 5.74) is -5.49. The molecule has 0 aromatic heterocycles. The lowest BCUT2D eigenvalue weighted by Gasteiger charge is -2.61. The molecule has 0 bridgehead atoms. The Kier molecular flexibility index (Phi) is 6.94. The van der Waals surface area contributed by atoms with Crippen molar-refractivity contribution in [3.05, 3.63) is 23.3 Å². The third-order valence-electron chi connectivity index (χ3n) is 12.3. The monoisotopic (exact) mass is 614 g/mol. The lowest BCUT2D eigenvalue weighted by atomic mass is 9.46. The van der Waals surface area contributed by atoms with Gasteiger partial charge in [0.1, 0.15) is 12.2 Å². The van der Waals surface area contributed by atoms with E-state index in [1.165, 1.54) is 13.8 Å². The van der Waals surface area contributed by atoms with E-state index in [0.29, 0.717) is 19.1 Å². The minimum Gasteiger partial charge on any atom is -0.458 e. The Hall–Kier alpha value is -2.56. The van der Waals surface area contributed by atoms with Crippen molar-refractivity contribution < 1.29 is 48.0 Å². The molecule has 6 aliphatic rings. The molecule has 4 aliphatic carbocycles. The summed E-state index contributed by atoms with van der Waals surface area (Å²) in [6.45, 7) is 15.0. The van der Waals surface area contributed by atoms with Gasteiger partial charge in [-0.25, -0.2) is 4.79 Å². The van der Waals surface area contributed by atoms with Crippen molar-refractivity contribution in [2.45, 2.75) is 130 Å². The molecule has 2 saturated heterocycles. The lowest BCUT2D eigenvalue weighted by molar-refractivity contribution is -0.210. The van der Waals surface area contributed by atoms with Crippen molar-refractivity contribution in [3.8, 4) is 0 Å². The number of esters is 3. The predicted octanol–water partition coefficient (Wildman–Crippen LogP) is 4.32. The summed E-state index contributed by atoms with van der Waals surface area (Å²) in [5, 5.41) is 12.5. The van der Waals surface area contributed by atoms with Crippen LogP contribution in [0, 0.1) is 33.5 Å². The van der Waals surface area contributed by atoms with Gasteiger partial charge >= 0.3 is 17.9 Å². The number of hydrogen-bond donors (Lipinski definition) is 1. The molecule has 2 aliphatic heterocycles. The number of ether oxygens (including phenoxy) is 5. The van der Waals surface area contributed by atoms with Gasteiger partial charge in [0.05, 0.1) is 5.57 Å². The molecule has 1 N–H and O–H groups in total. The van der Waals surface area contributed by atoms with E-state index in [1.807, 2.05) is 13.8 Å². The van der Waals surface area contributed by atoms with Crippen molar-refractivity contribution in [1.29, 1.82) is 0 Å². The SMILES string of the molecule is CC(=O)O[C@@H]1C=C([C@H]2O[C@@H]3OC(=O)C4=C[C@@H](OC(C)=O)[C@H]5C(C)(C)CCC[C@]5(C)[C@]43O2)[C@](O)(C=O)[C@@]2(C)CCCC(C)(C)[C@H]12. The van der Waals surface area contributed by atoms with Gasteiger partial charge in [-0.1, -0.05) is 54.4 Å². The Bertz CT molecular complexity index is 1360. The van der Waals surface area contributed by atoms with E-state index in [0.717, 1.165) is 25.7 Å². The number of carbonyl (C=O) groups excluding carboxylic acids is 4. The summed E-state index contributed by atoms with van der Waals surface area (Å²) in [7, 11) is 0. The van der Waals surface area contributed by atoms with Crippen LogP contribution in [0.5, 0.6) is 0 Å². The number of fused-ring (bicyclic) bond motifs is 2. The van der Waals surface area contributed by atoms with Crippen LogP contribution in [0.3, 0.4) is 0 Å². The van der Waals surface area contributed by atoms with Gasteiger partial charge in [-0.05, 0) is 48.7 Å². The fourth-order valence-electron chi connectivity index (χ4n) is 10.8. The highest BCUT2D eigenvalue weighted by atomic mass is 16.8. The molecule has 2 saturated carbocycles. The van der Waals surface area contributed by atoms with Crippen LogP contribution in [0.25, 0.3) is 0 Å². The second-order valence-corrected chi connectivity index (χ2v) is 15.8. The van der Waals surface area contributed by atoms with Crippen molar-refractivity contribution >= 4 is 24.2 Å². The topological polar surface area (TPSA) is 135 Å². The molecule has 6 rings (SSSR count). The summed E-state index contributed by atoms with van der Waals surface area (Å²) < 4.78 is 31.0. The van der Waals surface area contributed by atoms with Crippen molar-refractivity contribution in [3.63, 3.8) is 0 Å². The third-order valence-corrected chi connectivity index (χ3v) is 12.3. The Morgan fingerprint density at radius 2 is 1.39 bits per heavy atom. The Morgan fingerprint density at radius 1 is 0.864 bits per heavy atom. The smallest absolute Gasteiger partial charge is 0.339 e. The highest BCUT2D eigenvalue weighted by Crippen LogP contribution is 2.69. The zero-order chi connectivity index (χ0) is 32.3. The molecule has 0 aromatic rings. The summed E-state index contributed by atoms with van der Waals surface area (Å²) >= 11 is 0. The zero-order valence-electron chi connectivity index (χ0n) is 27.1. The van der Waals surface area contributed by atoms with Crippen molar-refractivity contribution in [1.82, 2.24) is 0 Å². The highest BCUT2D eigenvalue weighted by Gasteiger charge is 2.77. The average Bonchev–Trinajstić information content (AvgIpc) is 3.38. The van der Waals surface area contributed by atoms with Crippen LogP contribution in [0.15, 0.2) is 23.3 Å². The largest absolute Gasteiger partial charge is 0.458 e. The van der Waals surface area contributed by atoms with Gasteiger partial charge in [0, 0.05) is 42.1 Å². The normalized spacial score (nSPS) is 46.6. The quantitative estimate of drug-likeness (QED) is 0.211. The van der Waals surface area contributed by atoms with E-state index in [9.17, 15) is 24.3 Å². The lowest BCUT2D eigenvalue weighted by Crippen LogP contribution is -2.66. The van der Waals surface area contributed by atoms with E-state index in [2.05, 4.69) is 27.7 Å². The number of aliphatic hydroxyl groups is 1. The van der Waals surface area contributed by atoms with E-state index in [4.69, 9.17) is 23.7 Å². The highest BCUT2D eigenvalue weighted by molar-refractivity contribution is 5.95. The molecule has 0 radical (unpaired) electrons. The van der Waals surface area contributed by atoms with Crippen molar-refractivity contribution in [2.75, 3.05) is 0 Å². The van der Waals surface area contributed by atoms with E-state index in [1.54, 1.807) is 12.2 Å². The third kappa shape index (κ3) is 3.95. The number of hydrogen-bond acceptors (Lipinski definition) is 10. The molecule has 242 valence electrons. The summed E-state index contributed by atoms with van der Waals surface area (Å²) in [4.78, 5) is 51.1. The Labute approximate surface area is 258 Å². The van der Waals surface area contributed by atoms with Gasteiger partial charge in [0.2, 0.25) is 6.29 Å². The first-order chi connectivity index (χ1) is 20.4. The maximum atomic E-state index is 13.4. The molecule has 0 aromatic carbocycles. The maximum absolute atomic E-state index is 13.4. The fraction of sp³-hybridized carbons (Fsp3) is 0.765. The van der Waals surface area contributed by atoms with Gasteiger partial charge in [-0.3, -0.25) is 14.4 Å². The van der Waals surface area contributed by atoms with E-state index < -0.39 is 64.7 Å². The Balaban J connectivity index is 1.51. The summed E-state index contributed by atoms with van der Waals surface area (Å²) in [5.74, 6) is -2.16. The number of carbonyl (C=O) groups is 4. The molecule has 0 amide bonds. The molecular formula is C34H46O10. The van der Waals surface area contributed by atoms with E-state index in [-0.39, 0.29) is 33.8 Å². The molecule has 1 spiro atoms. The molecule has 10 atom stereocenters. The van der Waals surface area contributed by atoms with Crippen LogP contribution in [0.4, 0.5) is 0 Å². The number of rotatable bonds is 4. The van der Waals surface area contributed by atoms with Crippen LogP contribution >= 0.6 is 0 Å². The van der Waals surface area contributed by atoms with Crippen LogP contribution in [-0.4, -0.2) is 65.3 Å². The van der Waals surface area contributed by atoms with Gasteiger partial charge in [-0.15, -0.1) is 0 Å². The second kappa shape index (κ2) is 9.72. The van der Waals surface area contributed by atoms with Gasteiger partial charge < -0.3 is 28.8 Å². The molecule has 10 nitrogen and oxygen atoms in total. The van der Waals surface area contributed by atoms with Crippen LogP contribution in [0.1, 0.15) is 93.9 Å². The standard InChI is InChI=1S/C34H46O10/c1-18(36)40-22-15-20-26(38)42-28-34(20,32(8)14-10-12-30(5,6)25(22)32)44-27(43-28)21-16-23(41-19(2)37)24-29(3,4)11-9-13-31(24,7)33(21,39)17-35/h15-17,22-25,27-28,39H,9-14H2,1-8H3/t22-,23-,24+,25+,27+,28+,31+,32+,33-,34+/m1/s1. The predicted molar refractivity (Wildman–Crippen MR) is 155 cm³/mol. The van der Waals surface area contributed by atoms with E-state index >= 15 is 0 Å².